The molecule has 1 aromatic heterocycles. The molecule has 1 fully saturated rings. The molecule has 0 aliphatic carbocycles. The van der Waals surface area contributed by atoms with Gasteiger partial charge in [-0.1, -0.05) is 11.8 Å². The summed E-state index contributed by atoms with van der Waals surface area (Å²) < 4.78 is 15.5. The van der Waals surface area contributed by atoms with Gasteiger partial charge >= 0.3 is 5.97 Å². The maximum Gasteiger partial charge on any atom is 0.379 e. The second-order valence-corrected chi connectivity index (χ2v) is 5.73. The van der Waals surface area contributed by atoms with Crippen molar-refractivity contribution in [2.75, 3.05) is 12.9 Å². The number of hydrogen-bond donors (Lipinski definition) is 1. The number of nitrogens with zero attached hydrogens (tertiary/aromatic N) is 2. The summed E-state index contributed by atoms with van der Waals surface area (Å²) in [4.78, 5) is 23.0. The van der Waals surface area contributed by atoms with Crippen molar-refractivity contribution in [3.05, 3.63) is 47.9 Å². The van der Waals surface area contributed by atoms with Crippen LogP contribution in [0, 0.1) is 0 Å². The van der Waals surface area contributed by atoms with Crippen molar-refractivity contribution in [3.63, 3.8) is 0 Å². The Morgan fingerprint density at radius 1 is 1.36 bits per heavy atom. The van der Waals surface area contributed by atoms with Crippen LogP contribution in [-0.2, 0) is 4.79 Å². The fourth-order valence-electron chi connectivity index (χ4n) is 1.92. The van der Waals surface area contributed by atoms with Gasteiger partial charge in [-0.2, -0.15) is 5.10 Å². The molecule has 3 rings (SSSR count). The Hall–Kier alpha value is -3.07. The Morgan fingerprint density at radius 3 is 2.92 bits per heavy atom. The van der Waals surface area contributed by atoms with Crippen molar-refractivity contribution in [1.29, 1.82) is 0 Å². The normalized spacial score (nSPS) is 15.6. The first-order valence-electron chi connectivity index (χ1n) is 7.13. The molecule has 128 valence electrons. The van der Waals surface area contributed by atoms with Crippen LogP contribution in [0.25, 0.3) is 0 Å². The number of carbonyl (C=O) groups excluding carboxylic acids is 2. The average Bonchev–Trinajstić information content (AvgIpc) is 3.28. The summed E-state index contributed by atoms with van der Waals surface area (Å²) in [6.07, 6.45) is 2.89. The van der Waals surface area contributed by atoms with E-state index in [0.29, 0.717) is 22.2 Å². The minimum Gasteiger partial charge on any atom is -0.493 e. The van der Waals surface area contributed by atoms with E-state index in [1.54, 1.807) is 24.3 Å². The molecule has 0 saturated carbocycles. The fraction of sp³-hybridized carbons (Fsp3) is 0.125. The Balaban J connectivity index is 1.71. The SMILES string of the molecule is COc1cc(C=NN=C2NC(=O)CS2)ccc1OC(=O)c1ccco1. The standard InChI is InChI=1S/C16H13N3O5S/c1-22-13-7-10(8-17-19-16-18-14(20)9-25-16)4-5-11(13)24-15(21)12-3-2-6-23-12/h2-8H,9H2,1H3,(H,18,19,20). The molecule has 0 atom stereocenters. The molecule has 25 heavy (non-hydrogen) atoms. The number of amidine groups is 1. The van der Waals surface area contributed by atoms with Gasteiger partial charge < -0.3 is 19.2 Å². The van der Waals surface area contributed by atoms with Gasteiger partial charge in [-0.3, -0.25) is 4.79 Å². The maximum absolute atomic E-state index is 11.9. The van der Waals surface area contributed by atoms with Crippen molar-refractivity contribution in [1.82, 2.24) is 5.32 Å². The number of methoxy groups -OCH3 is 1. The van der Waals surface area contributed by atoms with E-state index in [4.69, 9.17) is 13.9 Å². The number of furan rings is 1. The molecule has 1 N–H and O–H groups in total. The Kier molecular flexibility index (Phi) is 5.14. The zero-order chi connectivity index (χ0) is 17.6. The third kappa shape index (κ3) is 4.27. The zero-order valence-corrected chi connectivity index (χ0v) is 13.9. The molecule has 1 aliphatic heterocycles. The lowest BCUT2D eigenvalue weighted by Crippen LogP contribution is -2.19. The quantitative estimate of drug-likeness (QED) is 0.379. The molecule has 0 bridgehead atoms. The van der Waals surface area contributed by atoms with Crippen molar-refractivity contribution >= 4 is 35.0 Å². The molecule has 1 saturated heterocycles. The number of rotatable bonds is 5. The lowest BCUT2D eigenvalue weighted by molar-refractivity contribution is -0.116. The van der Waals surface area contributed by atoms with Crippen LogP contribution in [0.1, 0.15) is 16.1 Å². The average molecular weight is 359 g/mol. The van der Waals surface area contributed by atoms with Gasteiger partial charge in [-0.05, 0) is 35.9 Å². The fourth-order valence-corrected chi connectivity index (χ4v) is 2.55. The molecular weight excluding hydrogens is 346 g/mol. The van der Waals surface area contributed by atoms with E-state index in [2.05, 4.69) is 15.5 Å². The highest BCUT2D eigenvalue weighted by molar-refractivity contribution is 8.15. The molecule has 1 aromatic carbocycles. The number of benzene rings is 1. The summed E-state index contributed by atoms with van der Waals surface area (Å²) in [6, 6.07) is 8.03. The van der Waals surface area contributed by atoms with Gasteiger partial charge in [0.2, 0.25) is 11.7 Å². The minimum absolute atomic E-state index is 0.0941. The van der Waals surface area contributed by atoms with Crippen LogP contribution < -0.4 is 14.8 Å². The van der Waals surface area contributed by atoms with Gasteiger partial charge in [-0.15, -0.1) is 5.10 Å². The zero-order valence-electron chi connectivity index (χ0n) is 13.1. The van der Waals surface area contributed by atoms with E-state index in [1.807, 2.05) is 0 Å². The highest BCUT2D eigenvalue weighted by Crippen LogP contribution is 2.28. The van der Waals surface area contributed by atoms with Crippen LogP contribution in [0.4, 0.5) is 0 Å². The summed E-state index contributed by atoms with van der Waals surface area (Å²) in [6.45, 7) is 0. The van der Waals surface area contributed by atoms with Gasteiger partial charge in [0.15, 0.2) is 16.7 Å². The monoisotopic (exact) mass is 359 g/mol. The summed E-state index contributed by atoms with van der Waals surface area (Å²) in [5.41, 5.74) is 0.688. The van der Waals surface area contributed by atoms with Gasteiger partial charge in [0.25, 0.3) is 0 Å². The topological polar surface area (TPSA) is 102 Å². The largest absolute Gasteiger partial charge is 0.493 e. The summed E-state index contributed by atoms with van der Waals surface area (Å²) in [5.74, 6) is 0.344. The third-order valence-corrected chi connectivity index (χ3v) is 3.92. The maximum atomic E-state index is 11.9. The van der Waals surface area contributed by atoms with Crippen LogP contribution in [-0.4, -0.2) is 36.1 Å². The van der Waals surface area contributed by atoms with Gasteiger partial charge in [0, 0.05) is 0 Å². The van der Waals surface area contributed by atoms with Crippen LogP contribution in [0.15, 0.2) is 51.2 Å². The summed E-state index contributed by atoms with van der Waals surface area (Å²) in [7, 11) is 1.46. The number of ether oxygens (including phenoxy) is 2. The van der Waals surface area contributed by atoms with E-state index in [1.165, 1.54) is 37.4 Å². The molecule has 2 heterocycles. The molecule has 9 heteroatoms. The van der Waals surface area contributed by atoms with Crippen molar-refractivity contribution in [2.24, 2.45) is 10.2 Å². The van der Waals surface area contributed by atoms with Crippen molar-refractivity contribution < 1.29 is 23.5 Å². The highest BCUT2D eigenvalue weighted by Gasteiger charge is 2.16. The Labute approximate surface area is 146 Å². The molecule has 2 aromatic rings. The molecule has 1 amide bonds. The van der Waals surface area contributed by atoms with Gasteiger partial charge in [-0.25, -0.2) is 4.79 Å². The predicted molar refractivity (Wildman–Crippen MR) is 92.3 cm³/mol. The Morgan fingerprint density at radius 2 is 2.24 bits per heavy atom. The smallest absolute Gasteiger partial charge is 0.379 e. The predicted octanol–water partition coefficient (Wildman–Crippen LogP) is 2.06. The lowest BCUT2D eigenvalue weighted by Gasteiger charge is -2.08. The number of thioether (sulfide) groups is 1. The molecule has 0 radical (unpaired) electrons. The number of nitrogens with one attached hydrogen (secondary N) is 1. The van der Waals surface area contributed by atoms with Crippen LogP contribution >= 0.6 is 11.8 Å². The molecule has 8 nitrogen and oxygen atoms in total. The number of amides is 1. The van der Waals surface area contributed by atoms with E-state index in [0.717, 1.165) is 0 Å². The lowest BCUT2D eigenvalue weighted by atomic mass is 10.2. The first kappa shape index (κ1) is 16.8. The van der Waals surface area contributed by atoms with E-state index < -0.39 is 5.97 Å². The van der Waals surface area contributed by atoms with Crippen LogP contribution in [0.2, 0.25) is 0 Å². The molecular formula is C16H13N3O5S. The molecule has 0 spiro atoms. The second kappa shape index (κ2) is 7.67. The van der Waals surface area contributed by atoms with Crippen molar-refractivity contribution in [3.8, 4) is 11.5 Å². The number of carbonyl (C=O) groups is 2. The Bertz CT molecular complexity index is 845. The van der Waals surface area contributed by atoms with Crippen LogP contribution in [0.3, 0.4) is 0 Å². The van der Waals surface area contributed by atoms with E-state index >= 15 is 0 Å². The third-order valence-electron chi connectivity index (χ3n) is 3.05. The first-order valence-corrected chi connectivity index (χ1v) is 8.11. The minimum atomic E-state index is -0.620. The second-order valence-electron chi connectivity index (χ2n) is 4.76. The van der Waals surface area contributed by atoms with Crippen molar-refractivity contribution in [2.45, 2.75) is 0 Å². The van der Waals surface area contributed by atoms with E-state index in [-0.39, 0.29) is 17.4 Å². The molecule has 1 aliphatic rings. The van der Waals surface area contributed by atoms with E-state index in [9.17, 15) is 9.59 Å². The summed E-state index contributed by atoms with van der Waals surface area (Å²) in [5, 5.41) is 10.9. The highest BCUT2D eigenvalue weighted by atomic mass is 32.2. The van der Waals surface area contributed by atoms with Crippen LogP contribution in [0.5, 0.6) is 11.5 Å². The molecule has 0 unspecified atom stereocenters. The number of esters is 1. The van der Waals surface area contributed by atoms with Gasteiger partial charge in [0.1, 0.15) is 0 Å². The number of hydrogen-bond acceptors (Lipinski definition) is 8. The first-order chi connectivity index (χ1) is 12.2. The van der Waals surface area contributed by atoms with Gasteiger partial charge in [0.05, 0.1) is 25.3 Å². The summed E-state index contributed by atoms with van der Waals surface area (Å²) >= 11 is 1.29.